The van der Waals surface area contributed by atoms with Crippen LogP contribution in [-0.4, -0.2) is 35.3 Å². The fraction of sp³-hybridized carbons (Fsp3) is 0.308. The summed E-state index contributed by atoms with van der Waals surface area (Å²) in [5, 5.41) is 8.75. The largest absolute Gasteiger partial charge is 0.478 e. The van der Waals surface area contributed by atoms with Crippen molar-refractivity contribution in [3.63, 3.8) is 0 Å². The SMILES string of the molecule is CCC.CCCCCC[C@@H](OC(=O)c1ccc(OC(=O)c2ccccc2)cc1)C(F)(F)F.Cc1ccc(-c2ccc(C(=O)O)cc2)c(F)c1F. The van der Waals surface area contributed by atoms with Gasteiger partial charge in [0.2, 0.25) is 0 Å². The second-order valence-electron chi connectivity index (χ2n) is 11.2. The standard InChI is InChI=1S/C22H23F3O4.C14H10F2O2.C3H8/c1-2-3-4-8-11-19(22(23,24)25)29-21(27)17-12-14-18(15-13-17)28-20(26)16-9-6-5-7-10-16;1-8-2-7-11(13(16)12(8)15)9-3-5-10(6-4-9)14(17)18;1-3-2/h5-7,9-10,12-15,19H,2-4,8,11H2,1H3;2-7H,1H3,(H,17,18);3H2,1-2H3/t19-;;/m1../s1. The van der Waals surface area contributed by atoms with Gasteiger partial charge in [-0.3, -0.25) is 0 Å². The van der Waals surface area contributed by atoms with Gasteiger partial charge in [0.25, 0.3) is 0 Å². The van der Waals surface area contributed by atoms with Crippen molar-refractivity contribution in [3.05, 3.63) is 125 Å². The number of aryl methyl sites for hydroxylation is 1. The predicted octanol–water partition coefficient (Wildman–Crippen LogP) is 11.0. The highest BCUT2D eigenvalue weighted by atomic mass is 19.4. The second-order valence-corrected chi connectivity index (χ2v) is 11.2. The van der Waals surface area contributed by atoms with Crippen molar-refractivity contribution < 1.29 is 50.9 Å². The van der Waals surface area contributed by atoms with E-state index in [9.17, 15) is 36.3 Å². The first kappa shape index (κ1) is 41.1. The summed E-state index contributed by atoms with van der Waals surface area (Å²) in [4.78, 5) is 34.8. The molecule has 0 aliphatic carbocycles. The van der Waals surface area contributed by atoms with Crippen LogP contribution in [0.5, 0.6) is 5.75 Å². The molecule has 0 saturated carbocycles. The zero-order valence-corrected chi connectivity index (χ0v) is 28.4. The van der Waals surface area contributed by atoms with E-state index in [-0.39, 0.29) is 34.4 Å². The van der Waals surface area contributed by atoms with E-state index in [0.29, 0.717) is 24.0 Å². The van der Waals surface area contributed by atoms with E-state index in [0.717, 1.165) is 12.8 Å². The Hall–Kier alpha value is -5.06. The van der Waals surface area contributed by atoms with Crippen LogP contribution in [-0.2, 0) is 4.74 Å². The Labute approximate surface area is 288 Å². The van der Waals surface area contributed by atoms with Gasteiger partial charge in [-0.2, -0.15) is 13.2 Å². The average Bonchev–Trinajstić information content (AvgIpc) is 3.09. The van der Waals surface area contributed by atoms with E-state index >= 15 is 0 Å². The number of hydrogen-bond acceptors (Lipinski definition) is 5. The number of rotatable bonds is 11. The Kier molecular flexibility index (Phi) is 16.8. The van der Waals surface area contributed by atoms with Gasteiger partial charge in [0, 0.05) is 5.56 Å². The molecule has 6 nitrogen and oxygen atoms in total. The van der Waals surface area contributed by atoms with E-state index in [4.69, 9.17) is 14.6 Å². The Balaban J connectivity index is 0.000000351. The van der Waals surface area contributed by atoms with Gasteiger partial charge < -0.3 is 14.6 Å². The van der Waals surface area contributed by atoms with E-state index in [1.807, 2.05) is 6.92 Å². The third kappa shape index (κ3) is 13.1. The molecule has 0 aliphatic heterocycles. The zero-order chi connectivity index (χ0) is 37.3. The number of ether oxygens (including phenoxy) is 2. The minimum atomic E-state index is -4.62. The molecule has 50 heavy (non-hydrogen) atoms. The molecular weight excluding hydrogens is 659 g/mol. The second kappa shape index (κ2) is 20.5. The van der Waals surface area contributed by atoms with Crippen LogP contribution in [0.15, 0.2) is 91.0 Å². The predicted molar refractivity (Wildman–Crippen MR) is 181 cm³/mol. The van der Waals surface area contributed by atoms with Gasteiger partial charge in [-0.1, -0.05) is 88.9 Å². The lowest BCUT2D eigenvalue weighted by molar-refractivity contribution is -0.206. The summed E-state index contributed by atoms with van der Waals surface area (Å²) in [5.74, 6) is -4.33. The quantitative estimate of drug-likeness (QED) is 0.0725. The summed E-state index contributed by atoms with van der Waals surface area (Å²) in [6.07, 6.45) is -3.04. The van der Waals surface area contributed by atoms with Gasteiger partial charge in [0.1, 0.15) is 5.75 Å². The fourth-order valence-corrected chi connectivity index (χ4v) is 4.30. The highest BCUT2D eigenvalue weighted by Crippen LogP contribution is 2.29. The maximum atomic E-state index is 13.7. The average molecular weight is 701 g/mol. The van der Waals surface area contributed by atoms with Crippen LogP contribution in [0.4, 0.5) is 22.0 Å². The molecule has 1 atom stereocenters. The van der Waals surface area contributed by atoms with E-state index in [1.54, 1.807) is 30.3 Å². The molecule has 0 fully saturated rings. The molecule has 0 bridgehead atoms. The van der Waals surface area contributed by atoms with Crippen molar-refractivity contribution >= 4 is 17.9 Å². The Morgan fingerprint density at radius 2 is 1.26 bits per heavy atom. The lowest BCUT2D eigenvalue weighted by Gasteiger charge is -2.20. The van der Waals surface area contributed by atoms with Crippen molar-refractivity contribution in [1.29, 1.82) is 0 Å². The molecule has 4 aromatic rings. The van der Waals surface area contributed by atoms with E-state index in [1.165, 1.54) is 74.0 Å². The van der Waals surface area contributed by atoms with E-state index in [2.05, 4.69) is 13.8 Å². The number of halogens is 5. The molecule has 0 aromatic heterocycles. The summed E-state index contributed by atoms with van der Waals surface area (Å²) in [6, 6.07) is 22.1. The van der Waals surface area contributed by atoms with Crippen LogP contribution in [0.2, 0.25) is 0 Å². The first-order chi connectivity index (χ1) is 23.7. The molecule has 268 valence electrons. The van der Waals surface area contributed by atoms with Gasteiger partial charge in [-0.25, -0.2) is 23.2 Å². The third-order valence-electron chi connectivity index (χ3n) is 6.96. The Bertz CT molecular complexity index is 1650. The lowest BCUT2D eigenvalue weighted by atomic mass is 10.0. The zero-order valence-electron chi connectivity index (χ0n) is 28.4. The van der Waals surface area contributed by atoms with Gasteiger partial charge in [-0.05, 0) is 79.4 Å². The molecule has 4 aromatic carbocycles. The van der Waals surface area contributed by atoms with Crippen LogP contribution < -0.4 is 4.74 Å². The van der Waals surface area contributed by atoms with Crippen molar-refractivity contribution in [2.24, 2.45) is 0 Å². The first-order valence-corrected chi connectivity index (χ1v) is 16.2. The number of carboxylic acid groups (broad SMARTS) is 1. The molecular formula is C39H41F5O6. The van der Waals surface area contributed by atoms with Crippen LogP contribution in [0.25, 0.3) is 11.1 Å². The maximum Gasteiger partial charge on any atom is 0.425 e. The minimum Gasteiger partial charge on any atom is -0.478 e. The molecule has 0 radical (unpaired) electrons. The molecule has 11 heteroatoms. The highest BCUT2D eigenvalue weighted by molar-refractivity contribution is 5.92. The first-order valence-electron chi connectivity index (χ1n) is 16.2. The van der Waals surface area contributed by atoms with Crippen molar-refractivity contribution in [2.45, 2.75) is 78.5 Å². The topological polar surface area (TPSA) is 89.9 Å². The number of alkyl halides is 3. The Morgan fingerprint density at radius 1 is 0.700 bits per heavy atom. The summed E-state index contributed by atoms with van der Waals surface area (Å²) in [6.45, 7) is 7.69. The number of carboxylic acids is 1. The summed E-state index contributed by atoms with van der Waals surface area (Å²) >= 11 is 0. The molecule has 0 aliphatic rings. The molecule has 1 N–H and O–H groups in total. The van der Waals surface area contributed by atoms with Crippen LogP contribution >= 0.6 is 0 Å². The number of hydrogen-bond donors (Lipinski definition) is 1. The van der Waals surface area contributed by atoms with Crippen molar-refractivity contribution in [1.82, 2.24) is 0 Å². The molecule has 0 amide bonds. The van der Waals surface area contributed by atoms with Crippen LogP contribution in [0.1, 0.15) is 95.9 Å². The van der Waals surface area contributed by atoms with Gasteiger partial charge in [0.15, 0.2) is 17.7 Å². The summed E-state index contributed by atoms with van der Waals surface area (Å²) in [5.41, 5.74) is 1.20. The highest BCUT2D eigenvalue weighted by Gasteiger charge is 2.42. The fourth-order valence-electron chi connectivity index (χ4n) is 4.30. The van der Waals surface area contributed by atoms with Gasteiger partial charge in [0.05, 0.1) is 16.7 Å². The number of carbonyl (C=O) groups excluding carboxylic acids is 2. The monoisotopic (exact) mass is 700 g/mol. The normalized spacial score (nSPS) is 11.2. The number of unbranched alkanes of at least 4 members (excludes halogenated alkanes) is 3. The van der Waals surface area contributed by atoms with Crippen LogP contribution in [0.3, 0.4) is 0 Å². The van der Waals surface area contributed by atoms with Gasteiger partial charge in [-0.15, -0.1) is 0 Å². The summed E-state index contributed by atoms with van der Waals surface area (Å²) in [7, 11) is 0. The smallest absolute Gasteiger partial charge is 0.425 e. The van der Waals surface area contributed by atoms with Gasteiger partial charge >= 0.3 is 24.1 Å². The molecule has 4 rings (SSSR count). The summed E-state index contributed by atoms with van der Waals surface area (Å²) < 4.78 is 76.4. The number of benzene rings is 4. The number of esters is 2. The molecule has 0 unspecified atom stereocenters. The minimum absolute atomic E-state index is 0.0488. The molecule has 0 heterocycles. The number of aromatic carboxylic acids is 1. The lowest BCUT2D eigenvalue weighted by Crippen LogP contribution is -2.33. The third-order valence-corrected chi connectivity index (χ3v) is 6.96. The maximum absolute atomic E-state index is 13.7. The van der Waals surface area contributed by atoms with E-state index < -0.39 is 41.8 Å². The Morgan fingerprint density at radius 3 is 1.80 bits per heavy atom. The van der Waals surface area contributed by atoms with Crippen molar-refractivity contribution in [2.75, 3.05) is 0 Å². The van der Waals surface area contributed by atoms with Crippen LogP contribution in [0, 0.1) is 18.6 Å². The molecule has 0 spiro atoms. The van der Waals surface area contributed by atoms with Crippen molar-refractivity contribution in [3.8, 4) is 16.9 Å². The number of carbonyl (C=O) groups is 3. The molecule has 0 saturated heterocycles.